The van der Waals surface area contributed by atoms with Gasteiger partial charge < -0.3 is 30.3 Å². The van der Waals surface area contributed by atoms with Gasteiger partial charge >= 0.3 is 5.97 Å². The van der Waals surface area contributed by atoms with Gasteiger partial charge in [0, 0.05) is 0 Å². The van der Waals surface area contributed by atoms with E-state index < -0.39 is 43.6 Å². The molecule has 0 radical (unpaired) electrons. The second-order valence-electron chi connectivity index (χ2n) is 9.94. The number of aliphatic hydroxyl groups excluding tert-OH is 5. The molecule has 7 nitrogen and oxygen atoms in total. The van der Waals surface area contributed by atoms with Crippen molar-refractivity contribution in [2.24, 2.45) is 0 Å². The molecule has 0 heterocycles. The second-order valence-corrected chi connectivity index (χ2v) is 9.94. The number of aliphatic hydroxyl groups is 5. The van der Waals surface area contributed by atoms with Crippen LogP contribution in [0.2, 0.25) is 0 Å². The van der Waals surface area contributed by atoms with Crippen molar-refractivity contribution in [3.63, 3.8) is 0 Å². The predicted molar refractivity (Wildman–Crippen MR) is 142 cm³/mol. The molecule has 5 N–H and O–H groups in total. The van der Waals surface area contributed by atoms with Crippen molar-refractivity contribution in [2.75, 3.05) is 13.2 Å². The lowest BCUT2D eigenvalue weighted by Crippen LogP contribution is -2.47. The fourth-order valence-electron chi connectivity index (χ4n) is 4.24. The lowest BCUT2D eigenvalue weighted by molar-refractivity contribution is -0.124. The van der Waals surface area contributed by atoms with Crippen LogP contribution in [0, 0.1) is 0 Å². The van der Waals surface area contributed by atoms with E-state index in [-0.39, 0.29) is 0 Å². The van der Waals surface area contributed by atoms with Crippen molar-refractivity contribution in [1.82, 2.24) is 0 Å². The van der Waals surface area contributed by atoms with Crippen LogP contribution in [0.25, 0.3) is 0 Å². The van der Waals surface area contributed by atoms with E-state index in [1.165, 1.54) is 83.5 Å². The summed E-state index contributed by atoms with van der Waals surface area (Å²) in [7, 11) is 0. The first-order chi connectivity index (χ1) is 17.4. The molecule has 0 aliphatic carbocycles. The van der Waals surface area contributed by atoms with Crippen molar-refractivity contribution < 1.29 is 35.1 Å². The van der Waals surface area contributed by atoms with Crippen molar-refractivity contribution in [3.8, 4) is 0 Å². The first-order valence-corrected chi connectivity index (χ1v) is 14.0. The molecule has 36 heavy (non-hydrogen) atoms. The summed E-state index contributed by atoms with van der Waals surface area (Å²) in [6.45, 7) is 0.946. The zero-order valence-corrected chi connectivity index (χ0v) is 22.2. The van der Waals surface area contributed by atoms with Crippen LogP contribution in [0.3, 0.4) is 0 Å². The summed E-state index contributed by atoms with van der Waals surface area (Å²) in [5, 5.41) is 47.3. The van der Waals surface area contributed by atoms with Crippen LogP contribution in [0.1, 0.15) is 113 Å². The number of hydrogen-bond donors (Lipinski definition) is 5. The topological polar surface area (TPSA) is 127 Å². The number of unbranched alkanes of at least 4 members (excludes halogenated alkanes) is 13. The van der Waals surface area contributed by atoms with E-state index in [1.807, 2.05) is 12.1 Å². The van der Waals surface area contributed by atoms with Crippen molar-refractivity contribution in [3.05, 3.63) is 35.4 Å². The molecule has 4 atom stereocenters. The number of esters is 1. The van der Waals surface area contributed by atoms with Crippen molar-refractivity contribution in [1.29, 1.82) is 0 Å². The van der Waals surface area contributed by atoms with Crippen LogP contribution in [0.15, 0.2) is 24.3 Å². The monoisotopic (exact) mass is 510 g/mol. The Morgan fingerprint density at radius 1 is 0.694 bits per heavy atom. The Balaban J connectivity index is 2.11. The number of hydrogen-bond acceptors (Lipinski definition) is 7. The van der Waals surface area contributed by atoms with Crippen LogP contribution >= 0.6 is 0 Å². The highest BCUT2D eigenvalue weighted by Crippen LogP contribution is 2.15. The number of ether oxygens (including phenoxy) is 1. The summed E-state index contributed by atoms with van der Waals surface area (Å²) in [6.07, 6.45) is 12.9. The predicted octanol–water partition coefficient (Wildman–Crippen LogP) is 4.30. The zero-order chi connectivity index (χ0) is 26.6. The van der Waals surface area contributed by atoms with Crippen LogP contribution in [-0.4, -0.2) is 69.1 Å². The van der Waals surface area contributed by atoms with Gasteiger partial charge in [-0.1, -0.05) is 103 Å². The Morgan fingerprint density at radius 3 is 1.61 bits per heavy atom. The summed E-state index contributed by atoms with van der Waals surface area (Å²) >= 11 is 0. The van der Waals surface area contributed by atoms with Gasteiger partial charge in [-0.05, 0) is 30.5 Å². The van der Waals surface area contributed by atoms with E-state index in [4.69, 9.17) is 9.84 Å². The Bertz CT molecular complexity index is 664. The number of carbonyl (C=O) groups is 1. The third-order valence-corrected chi connectivity index (χ3v) is 6.72. The summed E-state index contributed by atoms with van der Waals surface area (Å²) in [5.74, 6) is -0.651. The van der Waals surface area contributed by atoms with Crippen LogP contribution in [0.5, 0.6) is 0 Å². The molecule has 1 rings (SSSR count). The van der Waals surface area contributed by atoms with Gasteiger partial charge in [-0.15, -0.1) is 0 Å². The van der Waals surface area contributed by atoms with Gasteiger partial charge in [-0.2, -0.15) is 0 Å². The Labute approximate surface area is 217 Å². The molecule has 7 heteroatoms. The molecular formula is C29H50O7. The highest BCUT2D eigenvalue weighted by Gasteiger charge is 2.30. The fraction of sp³-hybridized carbons (Fsp3) is 0.759. The third-order valence-electron chi connectivity index (χ3n) is 6.72. The summed E-state index contributed by atoms with van der Waals surface area (Å²) in [4.78, 5) is 12.2. The maximum Gasteiger partial charge on any atom is 0.338 e. The Hall–Kier alpha value is -1.51. The minimum absolute atomic E-state index is 0.331. The molecule has 0 aromatic heterocycles. The highest BCUT2D eigenvalue weighted by atomic mass is 16.5. The first-order valence-electron chi connectivity index (χ1n) is 14.0. The largest absolute Gasteiger partial charge is 0.459 e. The Kier molecular flexibility index (Phi) is 18.6. The Morgan fingerprint density at radius 2 is 1.14 bits per heavy atom. The van der Waals surface area contributed by atoms with Gasteiger partial charge in [0.2, 0.25) is 0 Å². The van der Waals surface area contributed by atoms with Gasteiger partial charge in [0.05, 0.1) is 12.2 Å². The minimum Gasteiger partial charge on any atom is -0.459 e. The average molecular weight is 511 g/mol. The second kappa shape index (κ2) is 20.5. The molecular weight excluding hydrogens is 460 g/mol. The number of carbonyl (C=O) groups excluding carboxylic acids is 1. The zero-order valence-electron chi connectivity index (χ0n) is 22.2. The van der Waals surface area contributed by atoms with E-state index in [9.17, 15) is 25.2 Å². The molecule has 1 aromatic carbocycles. The van der Waals surface area contributed by atoms with Gasteiger partial charge in [-0.3, -0.25) is 0 Å². The number of benzene rings is 1. The molecule has 0 amide bonds. The highest BCUT2D eigenvalue weighted by molar-refractivity contribution is 5.89. The molecule has 0 spiro atoms. The molecule has 208 valence electrons. The summed E-state index contributed by atoms with van der Waals surface area (Å²) < 4.78 is 5.00. The SMILES string of the molecule is CCCCCCCCCCCCCCCCc1ccc(C(=O)OC[C@@H](O)[C@@H](O)[C@H](O)[C@@H](O)CO)cc1. The van der Waals surface area contributed by atoms with Crippen molar-refractivity contribution >= 4 is 5.97 Å². The normalized spacial score (nSPS) is 14.8. The quantitative estimate of drug-likeness (QED) is 0.116. The molecule has 0 unspecified atom stereocenters. The molecule has 0 saturated heterocycles. The van der Waals surface area contributed by atoms with Gasteiger partial charge in [0.25, 0.3) is 0 Å². The van der Waals surface area contributed by atoms with E-state index in [0.717, 1.165) is 18.4 Å². The molecule has 0 bridgehead atoms. The lowest BCUT2D eigenvalue weighted by Gasteiger charge is -2.25. The molecule has 0 aliphatic rings. The molecule has 0 saturated carbocycles. The summed E-state index contributed by atoms with van der Waals surface area (Å²) in [5.41, 5.74) is 1.49. The van der Waals surface area contributed by atoms with Crippen LogP contribution in [0.4, 0.5) is 0 Å². The van der Waals surface area contributed by atoms with E-state index in [0.29, 0.717) is 5.56 Å². The molecule has 1 aromatic rings. The molecule has 0 aliphatic heterocycles. The maximum atomic E-state index is 12.2. The molecule has 0 fully saturated rings. The number of aryl methyl sites for hydroxylation is 1. The maximum absolute atomic E-state index is 12.2. The van der Waals surface area contributed by atoms with E-state index >= 15 is 0 Å². The minimum atomic E-state index is -1.76. The standard InChI is InChI=1S/C29H50O7/c1-2-3-4-5-6-7-8-9-10-11-12-13-14-15-16-23-17-19-24(20-18-23)29(35)36-22-26(32)28(34)27(33)25(31)21-30/h17-20,25-28,30-34H,2-16,21-22H2,1H3/t25-,26+,27+,28+/m0/s1. The average Bonchev–Trinajstić information content (AvgIpc) is 2.90. The smallest absolute Gasteiger partial charge is 0.338 e. The van der Waals surface area contributed by atoms with E-state index in [1.54, 1.807) is 12.1 Å². The van der Waals surface area contributed by atoms with Crippen LogP contribution in [-0.2, 0) is 11.2 Å². The van der Waals surface area contributed by atoms with Crippen LogP contribution < -0.4 is 0 Å². The van der Waals surface area contributed by atoms with Gasteiger partial charge in [0.15, 0.2) is 0 Å². The van der Waals surface area contributed by atoms with Gasteiger partial charge in [-0.25, -0.2) is 4.79 Å². The number of rotatable bonds is 22. The van der Waals surface area contributed by atoms with E-state index in [2.05, 4.69) is 6.92 Å². The first kappa shape index (κ1) is 32.5. The fourth-order valence-corrected chi connectivity index (χ4v) is 4.24. The van der Waals surface area contributed by atoms with Crippen molar-refractivity contribution in [2.45, 2.75) is 128 Å². The summed E-state index contributed by atoms with van der Waals surface area (Å²) in [6, 6.07) is 7.14. The third kappa shape index (κ3) is 14.3. The lowest BCUT2D eigenvalue weighted by atomic mass is 10.0. The van der Waals surface area contributed by atoms with Gasteiger partial charge in [0.1, 0.15) is 31.0 Å².